The lowest BCUT2D eigenvalue weighted by Gasteiger charge is -2.08. The van der Waals surface area contributed by atoms with Crippen LogP contribution < -0.4 is 5.32 Å². The van der Waals surface area contributed by atoms with Gasteiger partial charge < -0.3 is 10.1 Å². The maximum atomic E-state index is 5.90. The van der Waals surface area contributed by atoms with Gasteiger partial charge in [-0.05, 0) is 44.4 Å². The van der Waals surface area contributed by atoms with Gasteiger partial charge in [0.25, 0.3) is 5.95 Å². The Hall–Kier alpha value is -1.73. The Balaban J connectivity index is 1.83. The first-order chi connectivity index (χ1) is 10.1. The molecule has 0 atom stereocenters. The van der Waals surface area contributed by atoms with Crippen LogP contribution in [0.5, 0.6) is 0 Å². The highest BCUT2D eigenvalue weighted by Gasteiger charge is 2.06. The van der Waals surface area contributed by atoms with E-state index in [1.54, 1.807) is 18.5 Å². The van der Waals surface area contributed by atoms with Gasteiger partial charge in [-0.25, -0.2) is 4.68 Å². The zero-order valence-corrected chi connectivity index (χ0v) is 12.9. The minimum absolute atomic E-state index is 0.140. The predicted octanol–water partition coefficient (Wildman–Crippen LogP) is 2.33. The van der Waals surface area contributed by atoms with Crippen molar-refractivity contribution in [1.82, 2.24) is 24.7 Å². The highest BCUT2D eigenvalue weighted by atomic mass is 35.5. The molecule has 0 saturated carbocycles. The molecule has 0 aromatic carbocycles. The molecule has 0 unspecified atom stereocenters. The summed E-state index contributed by atoms with van der Waals surface area (Å²) in [7, 11) is 0. The molecule has 0 radical (unpaired) electrons. The molecule has 1 N–H and O–H groups in total. The fraction of sp³-hybridized carbons (Fsp3) is 0.538. The molecule has 0 fully saturated rings. The molecule has 0 amide bonds. The first-order valence-electron chi connectivity index (χ1n) is 6.92. The van der Waals surface area contributed by atoms with Crippen LogP contribution >= 0.6 is 11.6 Å². The van der Waals surface area contributed by atoms with Gasteiger partial charge in [0.2, 0.25) is 11.2 Å². The van der Waals surface area contributed by atoms with E-state index in [0.717, 1.165) is 26.0 Å². The SMILES string of the molecule is CC(C)OCCCCNc1nc(Cl)nc(-n2cccn2)n1. The lowest BCUT2D eigenvalue weighted by Crippen LogP contribution is -2.11. The molecule has 0 bridgehead atoms. The molecule has 21 heavy (non-hydrogen) atoms. The quantitative estimate of drug-likeness (QED) is 0.754. The predicted molar refractivity (Wildman–Crippen MR) is 80.8 cm³/mol. The van der Waals surface area contributed by atoms with E-state index in [9.17, 15) is 0 Å². The molecular weight excluding hydrogens is 292 g/mol. The summed E-state index contributed by atoms with van der Waals surface area (Å²) < 4.78 is 7.02. The van der Waals surface area contributed by atoms with Crippen molar-refractivity contribution in [1.29, 1.82) is 0 Å². The van der Waals surface area contributed by atoms with Gasteiger partial charge in [-0.2, -0.15) is 20.1 Å². The van der Waals surface area contributed by atoms with Crippen molar-refractivity contribution < 1.29 is 4.74 Å². The normalized spacial score (nSPS) is 11.0. The molecule has 2 aromatic heterocycles. The molecule has 0 spiro atoms. The minimum atomic E-state index is 0.140. The van der Waals surface area contributed by atoms with E-state index >= 15 is 0 Å². The monoisotopic (exact) mass is 310 g/mol. The Morgan fingerprint density at radius 3 is 2.86 bits per heavy atom. The van der Waals surface area contributed by atoms with Crippen LogP contribution in [-0.2, 0) is 4.74 Å². The third-order valence-electron chi connectivity index (χ3n) is 2.61. The van der Waals surface area contributed by atoms with E-state index in [0.29, 0.717) is 11.9 Å². The molecule has 8 heteroatoms. The second kappa shape index (κ2) is 7.90. The van der Waals surface area contributed by atoms with Crippen LogP contribution in [0, 0.1) is 0 Å². The van der Waals surface area contributed by atoms with E-state index < -0.39 is 0 Å². The average Bonchev–Trinajstić information content (AvgIpc) is 2.96. The van der Waals surface area contributed by atoms with Crippen LogP contribution in [0.15, 0.2) is 18.5 Å². The second-order valence-corrected chi connectivity index (χ2v) is 5.07. The van der Waals surface area contributed by atoms with Crippen molar-refractivity contribution in [3.05, 3.63) is 23.7 Å². The van der Waals surface area contributed by atoms with E-state index in [1.807, 2.05) is 13.8 Å². The largest absolute Gasteiger partial charge is 0.379 e. The molecular formula is C13H19ClN6O. The Morgan fingerprint density at radius 1 is 1.29 bits per heavy atom. The van der Waals surface area contributed by atoms with Crippen LogP contribution in [0.4, 0.5) is 5.95 Å². The van der Waals surface area contributed by atoms with E-state index in [1.165, 1.54) is 4.68 Å². The summed E-state index contributed by atoms with van der Waals surface area (Å²) in [5.41, 5.74) is 0. The standard InChI is InChI=1S/C13H19ClN6O/c1-10(2)21-9-4-3-6-15-12-17-11(14)18-13(19-12)20-8-5-7-16-20/h5,7-8,10H,3-4,6,9H2,1-2H3,(H,15,17,18,19). The fourth-order valence-electron chi connectivity index (χ4n) is 1.65. The number of halogens is 1. The number of hydrogen-bond acceptors (Lipinski definition) is 6. The summed E-state index contributed by atoms with van der Waals surface area (Å²) in [5.74, 6) is 0.843. The maximum Gasteiger partial charge on any atom is 0.256 e. The molecule has 114 valence electrons. The average molecular weight is 311 g/mol. The first kappa shape index (κ1) is 15.7. The molecule has 0 aliphatic rings. The van der Waals surface area contributed by atoms with Gasteiger partial charge >= 0.3 is 0 Å². The van der Waals surface area contributed by atoms with Gasteiger partial charge in [-0.3, -0.25) is 0 Å². The molecule has 0 aliphatic heterocycles. The zero-order valence-electron chi connectivity index (χ0n) is 12.2. The third-order valence-corrected chi connectivity index (χ3v) is 2.78. The van der Waals surface area contributed by atoms with Crippen molar-refractivity contribution in [3.8, 4) is 5.95 Å². The Bertz CT molecular complexity index is 546. The summed E-state index contributed by atoms with van der Waals surface area (Å²) in [6.07, 6.45) is 5.62. The number of ether oxygens (including phenoxy) is 1. The summed E-state index contributed by atoms with van der Waals surface area (Å²) >= 11 is 5.90. The Labute approximate surface area is 128 Å². The van der Waals surface area contributed by atoms with Crippen LogP contribution in [-0.4, -0.2) is 44.0 Å². The molecule has 0 aliphatic carbocycles. The van der Waals surface area contributed by atoms with Crippen molar-refractivity contribution in [2.24, 2.45) is 0 Å². The van der Waals surface area contributed by atoms with Crippen molar-refractivity contribution in [2.75, 3.05) is 18.5 Å². The maximum absolute atomic E-state index is 5.90. The molecule has 0 saturated heterocycles. The van der Waals surface area contributed by atoms with Crippen molar-refractivity contribution in [3.63, 3.8) is 0 Å². The molecule has 2 aromatic rings. The highest BCUT2D eigenvalue weighted by Crippen LogP contribution is 2.09. The van der Waals surface area contributed by atoms with Gasteiger partial charge in [0, 0.05) is 25.5 Å². The van der Waals surface area contributed by atoms with Gasteiger partial charge in [-0.1, -0.05) is 0 Å². The van der Waals surface area contributed by atoms with Crippen molar-refractivity contribution >= 4 is 17.5 Å². The van der Waals surface area contributed by atoms with Crippen LogP contribution in [0.2, 0.25) is 5.28 Å². The number of unbranched alkanes of at least 4 members (excludes halogenated alkanes) is 1. The Morgan fingerprint density at radius 2 is 2.14 bits per heavy atom. The smallest absolute Gasteiger partial charge is 0.256 e. The second-order valence-electron chi connectivity index (χ2n) is 4.73. The topological polar surface area (TPSA) is 77.8 Å². The molecule has 2 rings (SSSR count). The number of nitrogens with one attached hydrogen (secondary N) is 1. The van der Waals surface area contributed by atoms with Gasteiger partial charge in [0.05, 0.1) is 6.10 Å². The zero-order chi connectivity index (χ0) is 15.1. The number of nitrogens with zero attached hydrogens (tertiary/aromatic N) is 5. The fourth-order valence-corrected chi connectivity index (χ4v) is 1.81. The van der Waals surface area contributed by atoms with E-state index in [2.05, 4.69) is 25.4 Å². The highest BCUT2D eigenvalue weighted by molar-refractivity contribution is 6.28. The lowest BCUT2D eigenvalue weighted by molar-refractivity contribution is 0.0765. The first-order valence-corrected chi connectivity index (χ1v) is 7.30. The van der Waals surface area contributed by atoms with E-state index in [4.69, 9.17) is 16.3 Å². The van der Waals surface area contributed by atoms with Gasteiger partial charge in [0.15, 0.2) is 0 Å². The summed E-state index contributed by atoms with van der Waals surface area (Å²) in [6, 6.07) is 1.79. The Kier molecular flexibility index (Phi) is 5.89. The van der Waals surface area contributed by atoms with Crippen LogP contribution in [0.1, 0.15) is 26.7 Å². The summed E-state index contributed by atoms with van der Waals surface area (Å²) in [4.78, 5) is 12.4. The van der Waals surface area contributed by atoms with Gasteiger partial charge in [-0.15, -0.1) is 0 Å². The number of aromatic nitrogens is 5. The number of hydrogen-bond donors (Lipinski definition) is 1. The summed E-state index contributed by atoms with van der Waals surface area (Å²) in [6.45, 7) is 5.57. The van der Waals surface area contributed by atoms with Crippen LogP contribution in [0.3, 0.4) is 0 Å². The lowest BCUT2D eigenvalue weighted by atomic mass is 10.3. The molecule has 7 nitrogen and oxygen atoms in total. The van der Waals surface area contributed by atoms with Crippen molar-refractivity contribution in [2.45, 2.75) is 32.8 Å². The number of rotatable bonds is 8. The van der Waals surface area contributed by atoms with Crippen LogP contribution in [0.25, 0.3) is 5.95 Å². The molecule has 2 heterocycles. The minimum Gasteiger partial charge on any atom is -0.379 e. The van der Waals surface area contributed by atoms with Gasteiger partial charge in [0.1, 0.15) is 0 Å². The van der Waals surface area contributed by atoms with E-state index in [-0.39, 0.29) is 11.4 Å². The number of anilines is 1. The third kappa shape index (κ3) is 5.28. The summed E-state index contributed by atoms with van der Waals surface area (Å²) in [5, 5.41) is 7.34.